The highest BCUT2D eigenvalue weighted by atomic mass is 16.4. The monoisotopic (exact) mass is 224 g/mol. The van der Waals surface area contributed by atoms with Gasteiger partial charge in [-0.25, -0.2) is 4.79 Å². The Morgan fingerprint density at radius 3 is 2.12 bits per heavy atom. The lowest BCUT2D eigenvalue weighted by atomic mass is 10.1. The zero-order chi connectivity index (χ0) is 12.6. The van der Waals surface area contributed by atoms with Crippen LogP contribution in [-0.4, -0.2) is 28.1 Å². The predicted molar refractivity (Wildman–Crippen MR) is 60.4 cm³/mol. The van der Waals surface area contributed by atoms with Crippen LogP contribution in [0.3, 0.4) is 0 Å². The Balaban J connectivity index is 0.00000106. The van der Waals surface area contributed by atoms with Crippen molar-refractivity contribution >= 4 is 11.8 Å². The number of hydrogen-bond acceptors (Lipinski definition) is 3. The van der Waals surface area contributed by atoms with E-state index in [9.17, 15) is 9.59 Å². The molecule has 2 N–H and O–H groups in total. The van der Waals surface area contributed by atoms with Gasteiger partial charge in [-0.05, 0) is 0 Å². The molecule has 0 bridgehead atoms. The first-order valence-corrected chi connectivity index (χ1v) is 5.10. The fraction of sp³-hybridized carbons (Fsp3) is 0.333. The molecule has 1 atom stereocenters. The van der Waals surface area contributed by atoms with E-state index in [1.54, 1.807) is 30.3 Å². The van der Waals surface area contributed by atoms with Crippen LogP contribution in [0.1, 0.15) is 30.6 Å². The number of aliphatic hydroxyl groups excluding tert-OH is 1. The number of carboxylic acid groups (broad SMARTS) is 1. The number of aliphatic carboxylic acids is 1. The Bertz CT molecular complexity index is 332. The van der Waals surface area contributed by atoms with Crippen LogP contribution in [0.25, 0.3) is 0 Å². The summed E-state index contributed by atoms with van der Waals surface area (Å²) in [6.45, 7) is 4.00. The Morgan fingerprint density at radius 2 is 1.69 bits per heavy atom. The third kappa shape index (κ3) is 4.70. The SMILES string of the molecule is CC.O=C(CC(O)C(=O)O)c1ccccc1. The summed E-state index contributed by atoms with van der Waals surface area (Å²) in [5, 5.41) is 17.3. The van der Waals surface area contributed by atoms with E-state index in [4.69, 9.17) is 10.2 Å². The van der Waals surface area contributed by atoms with E-state index in [2.05, 4.69) is 0 Å². The zero-order valence-corrected chi connectivity index (χ0v) is 9.38. The molecule has 1 unspecified atom stereocenters. The largest absolute Gasteiger partial charge is 0.479 e. The van der Waals surface area contributed by atoms with Crippen LogP contribution < -0.4 is 0 Å². The topological polar surface area (TPSA) is 74.6 Å². The molecule has 4 nitrogen and oxygen atoms in total. The first-order chi connectivity index (χ1) is 7.61. The fourth-order valence-electron chi connectivity index (χ4n) is 1.00. The third-order valence-electron chi connectivity index (χ3n) is 1.76. The number of carbonyl (C=O) groups excluding carboxylic acids is 1. The van der Waals surface area contributed by atoms with Crippen molar-refractivity contribution in [3.05, 3.63) is 35.9 Å². The molecule has 16 heavy (non-hydrogen) atoms. The number of ketones is 1. The van der Waals surface area contributed by atoms with Crippen molar-refractivity contribution < 1.29 is 19.8 Å². The Labute approximate surface area is 94.5 Å². The summed E-state index contributed by atoms with van der Waals surface area (Å²) in [7, 11) is 0. The number of aliphatic hydroxyl groups is 1. The summed E-state index contributed by atoms with van der Waals surface area (Å²) >= 11 is 0. The maximum atomic E-state index is 11.3. The second kappa shape index (κ2) is 7.59. The van der Waals surface area contributed by atoms with Gasteiger partial charge in [-0.3, -0.25) is 4.79 Å². The maximum absolute atomic E-state index is 11.3. The van der Waals surface area contributed by atoms with Crippen LogP contribution in [0.2, 0.25) is 0 Å². The van der Waals surface area contributed by atoms with Gasteiger partial charge in [-0.1, -0.05) is 44.2 Å². The molecule has 1 aromatic rings. The number of Topliss-reactive ketones (excluding diaryl/α,β-unsaturated/α-hetero) is 1. The average Bonchev–Trinajstić information content (AvgIpc) is 2.32. The van der Waals surface area contributed by atoms with Crippen molar-refractivity contribution in [3.63, 3.8) is 0 Å². The molecule has 0 aliphatic rings. The standard InChI is InChI=1S/C10H10O4.C2H6/c11-8(6-9(12)10(13)14)7-4-2-1-3-5-7;1-2/h1-5,9,12H,6H2,(H,13,14);1-2H3. The molecule has 0 aliphatic carbocycles. The van der Waals surface area contributed by atoms with Crippen LogP contribution in [0.5, 0.6) is 0 Å². The quantitative estimate of drug-likeness (QED) is 0.764. The Kier molecular flexibility index (Phi) is 6.79. The minimum atomic E-state index is -1.62. The second-order valence-corrected chi connectivity index (χ2v) is 2.85. The van der Waals surface area contributed by atoms with Gasteiger partial charge in [0.2, 0.25) is 0 Å². The number of rotatable bonds is 4. The summed E-state index contributed by atoms with van der Waals surface area (Å²) in [5.74, 6) is -1.75. The lowest BCUT2D eigenvalue weighted by Gasteiger charge is -2.03. The van der Waals surface area contributed by atoms with E-state index in [1.165, 1.54) is 0 Å². The molecule has 0 saturated heterocycles. The summed E-state index contributed by atoms with van der Waals surface area (Å²) < 4.78 is 0. The first kappa shape index (κ1) is 14.3. The smallest absolute Gasteiger partial charge is 0.332 e. The molecule has 1 aromatic carbocycles. The van der Waals surface area contributed by atoms with Gasteiger partial charge in [0.15, 0.2) is 11.9 Å². The fourth-order valence-corrected chi connectivity index (χ4v) is 1.00. The van der Waals surface area contributed by atoms with Gasteiger partial charge in [-0.15, -0.1) is 0 Å². The van der Waals surface area contributed by atoms with Gasteiger partial charge in [-0.2, -0.15) is 0 Å². The molecule has 0 amide bonds. The summed E-state index contributed by atoms with van der Waals surface area (Å²) in [6.07, 6.45) is -2.01. The van der Waals surface area contributed by atoms with E-state index in [0.717, 1.165) is 0 Å². The first-order valence-electron chi connectivity index (χ1n) is 5.10. The molecule has 0 spiro atoms. The molecule has 0 aromatic heterocycles. The highest BCUT2D eigenvalue weighted by molar-refractivity contribution is 5.98. The van der Waals surface area contributed by atoms with Crippen molar-refractivity contribution in [2.24, 2.45) is 0 Å². The third-order valence-corrected chi connectivity index (χ3v) is 1.76. The van der Waals surface area contributed by atoms with Crippen LogP contribution >= 0.6 is 0 Å². The zero-order valence-electron chi connectivity index (χ0n) is 9.38. The van der Waals surface area contributed by atoms with E-state index in [0.29, 0.717) is 5.56 Å². The highest BCUT2D eigenvalue weighted by Gasteiger charge is 2.18. The van der Waals surface area contributed by atoms with Crippen LogP contribution in [0, 0.1) is 0 Å². The van der Waals surface area contributed by atoms with Gasteiger partial charge < -0.3 is 10.2 Å². The molecule has 0 aliphatic heterocycles. The second-order valence-electron chi connectivity index (χ2n) is 2.85. The molecule has 4 heteroatoms. The van der Waals surface area contributed by atoms with Crippen molar-refractivity contribution in [3.8, 4) is 0 Å². The van der Waals surface area contributed by atoms with Crippen LogP contribution in [0.4, 0.5) is 0 Å². The molecule has 88 valence electrons. The lowest BCUT2D eigenvalue weighted by Crippen LogP contribution is -2.23. The van der Waals surface area contributed by atoms with Crippen LogP contribution in [-0.2, 0) is 4.79 Å². The van der Waals surface area contributed by atoms with Crippen molar-refractivity contribution in [1.82, 2.24) is 0 Å². The lowest BCUT2D eigenvalue weighted by molar-refractivity contribution is -0.146. The molecule has 0 heterocycles. The molecule has 0 saturated carbocycles. The van der Waals surface area contributed by atoms with E-state index in [-0.39, 0.29) is 12.2 Å². The summed E-state index contributed by atoms with van der Waals surface area (Å²) in [5.41, 5.74) is 0.410. The van der Waals surface area contributed by atoms with E-state index in [1.807, 2.05) is 13.8 Å². The van der Waals surface area contributed by atoms with Gasteiger partial charge in [0.25, 0.3) is 0 Å². The Morgan fingerprint density at radius 1 is 1.19 bits per heavy atom. The molecule has 1 rings (SSSR count). The number of carboxylic acids is 1. The molecule has 0 radical (unpaired) electrons. The highest BCUT2D eigenvalue weighted by Crippen LogP contribution is 2.05. The van der Waals surface area contributed by atoms with E-state index >= 15 is 0 Å². The summed E-state index contributed by atoms with van der Waals surface area (Å²) in [4.78, 5) is 21.6. The molecular weight excluding hydrogens is 208 g/mol. The molecular formula is C12H16O4. The number of hydrogen-bond donors (Lipinski definition) is 2. The van der Waals surface area contributed by atoms with Gasteiger partial charge in [0, 0.05) is 12.0 Å². The normalized spacial score (nSPS) is 10.9. The van der Waals surface area contributed by atoms with E-state index < -0.39 is 12.1 Å². The molecule has 0 fully saturated rings. The van der Waals surface area contributed by atoms with Crippen molar-refractivity contribution in [1.29, 1.82) is 0 Å². The van der Waals surface area contributed by atoms with Gasteiger partial charge in [0.1, 0.15) is 0 Å². The number of benzene rings is 1. The van der Waals surface area contributed by atoms with Crippen molar-refractivity contribution in [2.45, 2.75) is 26.4 Å². The average molecular weight is 224 g/mol. The maximum Gasteiger partial charge on any atom is 0.332 e. The van der Waals surface area contributed by atoms with Crippen LogP contribution in [0.15, 0.2) is 30.3 Å². The predicted octanol–water partition coefficient (Wildman–Crippen LogP) is 1.73. The Hall–Kier alpha value is -1.68. The van der Waals surface area contributed by atoms with Gasteiger partial charge in [0.05, 0.1) is 0 Å². The van der Waals surface area contributed by atoms with Gasteiger partial charge >= 0.3 is 5.97 Å². The number of carbonyl (C=O) groups is 2. The summed E-state index contributed by atoms with van der Waals surface area (Å²) in [6, 6.07) is 8.28. The minimum Gasteiger partial charge on any atom is -0.479 e. The minimum absolute atomic E-state index is 0.375. The van der Waals surface area contributed by atoms with Crippen molar-refractivity contribution in [2.75, 3.05) is 0 Å².